The average molecular weight is 271 g/mol. The molecule has 0 spiro atoms. The van der Waals surface area contributed by atoms with Crippen LogP contribution in [0.5, 0.6) is 11.5 Å². The summed E-state index contributed by atoms with van der Waals surface area (Å²) in [6.07, 6.45) is 1.34. The summed E-state index contributed by atoms with van der Waals surface area (Å²) in [6.45, 7) is 2.53. The highest BCUT2D eigenvalue weighted by molar-refractivity contribution is 5.80. The van der Waals surface area contributed by atoms with Crippen LogP contribution >= 0.6 is 0 Å². The van der Waals surface area contributed by atoms with Gasteiger partial charge in [-0.2, -0.15) is 0 Å². The Labute approximate surface area is 118 Å². The van der Waals surface area contributed by atoms with Gasteiger partial charge in [-0.3, -0.25) is 0 Å². The molecule has 20 heavy (non-hydrogen) atoms. The van der Waals surface area contributed by atoms with Gasteiger partial charge in [-0.1, -0.05) is 35.0 Å². The quantitative estimate of drug-likeness (QED) is 0.515. The minimum Gasteiger partial charge on any atom is -0.493 e. The lowest BCUT2D eigenvalue weighted by Crippen LogP contribution is -1.98. The summed E-state index contributed by atoms with van der Waals surface area (Å²) in [6, 6.07) is 13.5. The van der Waals surface area contributed by atoms with Gasteiger partial charge in [0.05, 0.1) is 13.3 Å². The third-order valence-electron chi connectivity index (χ3n) is 2.87. The Hall–Kier alpha value is -2.49. The van der Waals surface area contributed by atoms with Crippen LogP contribution in [-0.2, 0) is 6.61 Å². The molecule has 0 saturated heterocycles. The van der Waals surface area contributed by atoms with E-state index in [1.54, 1.807) is 25.3 Å². The monoisotopic (exact) mass is 271 g/mol. The van der Waals surface area contributed by atoms with Crippen molar-refractivity contribution in [3.8, 4) is 11.5 Å². The first kappa shape index (κ1) is 13.9. The third kappa shape index (κ3) is 3.51. The molecular weight excluding hydrogens is 254 g/mol. The molecule has 0 aliphatic carbocycles. The molecule has 0 unspecified atom stereocenters. The maximum absolute atomic E-state index is 8.53. The fourth-order valence-electron chi connectivity index (χ4n) is 1.91. The van der Waals surface area contributed by atoms with Crippen LogP contribution in [0, 0.1) is 6.92 Å². The largest absolute Gasteiger partial charge is 0.493 e. The topological polar surface area (TPSA) is 51.0 Å². The molecule has 2 rings (SSSR count). The van der Waals surface area contributed by atoms with Crippen molar-refractivity contribution >= 4 is 6.21 Å². The predicted molar refractivity (Wildman–Crippen MR) is 77.9 cm³/mol. The second-order valence-corrected chi connectivity index (χ2v) is 4.43. The third-order valence-corrected chi connectivity index (χ3v) is 2.87. The number of hydrogen-bond acceptors (Lipinski definition) is 4. The van der Waals surface area contributed by atoms with E-state index in [1.165, 1.54) is 11.8 Å². The number of ether oxygens (including phenoxy) is 2. The smallest absolute Gasteiger partial charge is 0.161 e. The number of benzene rings is 2. The van der Waals surface area contributed by atoms with E-state index in [9.17, 15) is 0 Å². The molecule has 0 amide bonds. The second-order valence-electron chi connectivity index (χ2n) is 4.43. The predicted octanol–water partition coefficient (Wildman–Crippen LogP) is 3.39. The molecule has 0 aliphatic rings. The van der Waals surface area contributed by atoms with Gasteiger partial charge in [-0.25, -0.2) is 0 Å². The van der Waals surface area contributed by atoms with Gasteiger partial charge in [-0.15, -0.1) is 0 Å². The van der Waals surface area contributed by atoms with E-state index in [0.717, 1.165) is 11.1 Å². The van der Waals surface area contributed by atoms with Crippen molar-refractivity contribution in [2.75, 3.05) is 7.11 Å². The first-order chi connectivity index (χ1) is 9.72. The van der Waals surface area contributed by atoms with E-state index in [-0.39, 0.29) is 0 Å². The van der Waals surface area contributed by atoms with Crippen molar-refractivity contribution < 1.29 is 14.7 Å². The Morgan fingerprint density at radius 1 is 1.15 bits per heavy atom. The van der Waals surface area contributed by atoms with Crippen LogP contribution in [0.3, 0.4) is 0 Å². The zero-order valence-electron chi connectivity index (χ0n) is 11.5. The molecule has 2 aromatic carbocycles. The van der Waals surface area contributed by atoms with Crippen LogP contribution in [0.15, 0.2) is 47.6 Å². The molecule has 104 valence electrons. The van der Waals surface area contributed by atoms with Crippen molar-refractivity contribution in [3.63, 3.8) is 0 Å². The number of rotatable bonds is 5. The summed E-state index contributed by atoms with van der Waals surface area (Å²) >= 11 is 0. The zero-order chi connectivity index (χ0) is 14.4. The first-order valence-corrected chi connectivity index (χ1v) is 6.27. The van der Waals surface area contributed by atoms with Gasteiger partial charge in [0.25, 0.3) is 0 Å². The summed E-state index contributed by atoms with van der Waals surface area (Å²) in [5.41, 5.74) is 3.05. The molecule has 0 radical (unpaired) electrons. The summed E-state index contributed by atoms with van der Waals surface area (Å²) < 4.78 is 11.0. The highest BCUT2D eigenvalue weighted by Gasteiger charge is 2.05. The number of oxime groups is 1. The summed E-state index contributed by atoms with van der Waals surface area (Å²) in [5.74, 6) is 1.26. The molecule has 0 atom stereocenters. The molecule has 1 N–H and O–H groups in total. The van der Waals surface area contributed by atoms with Crippen molar-refractivity contribution in [3.05, 3.63) is 59.2 Å². The van der Waals surface area contributed by atoms with E-state index in [0.29, 0.717) is 18.1 Å². The molecular formula is C16H17NO3. The molecule has 0 saturated carbocycles. The second kappa shape index (κ2) is 6.61. The number of hydrogen-bond donors (Lipinski definition) is 1. The molecule has 0 aliphatic heterocycles. The first-order valence-electron chi connectivity index (χ1n) is 6.27. The Balaban J connectivity index is 2.13. The number of nitrogens with zero attached hydrogens (tertiary/aromatic N) is 1. The van der Waals surface area contributed by atoms with Crippen molar-refractivity contribution in [1.29, 1.82) is 0 Å². The van der Waals surface area contributed by atoms with Gasteiger partial charge in [-0.05, 0) is 30.7 Å². The van der Waals surface area contributed by atoms with Crippen LogP contribution in [0.25, 0.3) is 0 Å². The Kier molecular flexibility index (Phi) is 4.60. The van der Waals surface area contributed by atoms with E-state index in [2.05, 4.69) is 11.2 Å². The Morgan fingerprint density at radius 2 is 2.00 bits per heavy atom. The van der Waals surface area contributed by atoms with Gasteiger partial charge in [0.15, 0.2) is 11.5 Å². The van der Waals surface area contributed by atoms with Gasteiger partial charge >= 0.3 is 0 Å². The van der Waals surface area contributed by atoms with Crippen molar-refractivity contribution in [2.24, 2.45) is 5.16 Å². The molecule has 0 bridgehead atoms. The SMILES string of the molecule is COc1cc(C=NO)ccc1OCc1cccc(C)c1. The Bertz CT molecular complexity index is 608. The van der Waals surface area contributed by atoms with E-state index >= 15 is 0 Å². The van der Waals surface area contributed by atoms with Gasteiger partial charge in [0, 0.05) is 5.56 Å². The molecule has 0 aromatic heterocycles. The molecule has 4 heteroatoms. The number of methoxy groups -OCH3 is 1. The van der Waals surface area contributed by atoms with Crippen molar-refractivity contribution in [1.82, 2.24) is 0 Å². The highest BCUT2D eigenvalue weighted by atomic mass is 16.5. The fraction of sp³-hybridized carbons (Fsp3) is 0.188. The van der Waals surface area contributed by atoms with Gasteiger partial charge < -0.3 is 14.7 Å². The van der Waals surface area contributed by atoms with Crippen LogP contribution in [-0.4, -0.2) is 18.5 Å². The standard InChI is InChI=1S/C16H17NO3/c1-12-4-3-5-14(8-12)11-20-15-7-6-13(10-17-18)9-16(15)19-2/h3-10,18H,11H2,1-2H3. The zero-order valence-corrected chi connectivity index (χ0v) is 11.5. The Morgan fingerprint density at radius 3 is 2.70 bits per heavy atom. The number of aryl methyl sites for hydroxylation is 1. The molecule has 4 nitrogen and oxygen atoms in total. The van der Waals surface area contributed by atoms with E-state index in [4.69, 9.17) is 14.7 Å². The minimum atomic E-state index is 0.478. The lowest BCUT2D eigenvalue weighted by Gasteiger charge is -2.11. The fourth-order valence-corrected chi connectivity index (χ4v) is 1.91. The van der Waals surface area contributed by atoms with Crippen molar-refractivity contribution in [2.45, 2.75) is 13.5 Å². The normalized spacial score (nSPS) is 10.7. The maximum Gasteiger partial charge on any atom is 0.161 e. The molecule has 0 heterocycles. The van der Waals surface area contributed by atoms with Gasteiger partial charge in [0.1, 0.15) is 6.61 Å². The van der Waals surface area contributed by atoms with Gasteiger partial charge in [0.2, 0.25) is 0 Å². The lowest BCUT2D eigenvalue weighted by atomic mass is 10.1. The van der Waals surface area contributed by atoms with E-state index in [1.807, 2.05) is 25.1 Å². The summed E-state index contributed by atoms with van der Waals surface area (Å²) in [7, 11) is 1.58. The highest BCUT2D eigenvalue weighted by Crippen LogP contribution is 2.28. The average Bonchev–Trinajstić information content (AvgIpc) is 2.46. The molecule has 0 fully saturated rings. The van der Waals surface area contributed by atoms with Crippen LogP contribution in [0.2, 0.25) is 0 Å². The minimum absolute atomic E-state index is 0.478. The molecule has 2 aromatic rings. The lowest BCUT2D eigenvalue weighted by molar-refractivity contribution is 0.284. The van der Waals surface area contributed by atoms with Crippen LogP contribution in [0.1, 0.15) is 16.7 Å². The van der Waals surface area contributed by atoms with E-state index < -0.39 is 0 Å². The summed E-state index contributed by atoms with van der Waals surface area (Å²) in [5, 5.41) is 11.5. The summed E-state index contributed by atoms with van der Waals surface area (Å²) in [4.78, 5) is 0. The van der Waals surface area contributed by atoms with Crippen LogP contribution in [0.4, 0.5) is 0 Å². The maximum atomic E-state index is 8.53. The van der Waals surface area contributed by atoms with Crippen LogP contribution < -0.4 is 9.47 Å².